The van der Waals surface area contributed by atoms with Gasteiger partial charge in [-0.3, -0.25) is 9.69 Å². The van der Waals surface area contributed by atoms with Crippen LogP contribution in [0.3, 0.4) is 0 Å². The fourth-order valence-electron chi connectivity index (χ4n) is 4.20. The zero-order valence-corrected chi connectivity index (χ0v) is 15.8. The molecule has 2 fully saturated rings. The fraction of sp³-hybridized carbons (Fsp3) is 0.476. The topological polar surface area (TPSA) is 61.4 Å². The van der Waals surface area contributed by atoms with E-state index in [-0.39, 0.29) is 11.7 Å². The van der Waals surface area contributed by atoms with Crippen molar-refractivity contribution in [3.63, 3.8) is 0 Å². The minimum absolute atomic E-state index is 0.120. The maximum atomic E-state index is 13.1. The highest BCUT2D eigenvalue weighted by molar-refractivity contribution is 5.92. The Morgan fingerprint density at radius 1 is 1.18 bits per heavy atom. The molecule has 1 aromatic heterocycles. The number of rotatable bonds is 5. The van der Waals surface area contributed by atoms with Crippen LogP contribution in [0.25, 0.3) is 0 Å². The van der Waals surface area contributed by atoms with Crippen molar-refractivity contribution >= 4 is 11.7 Å². The van der Waals surface area contributed by atoms with E-state index in [0.717, 1.165) is 56.1 Å². The Morgan fingerprint density at radius 2 is 2.00 bits per heavy atom. The Labute approximate surface area is 163 Å². The Kier molecular flexibility index (Phi) is 4.47. The summed E-state index contributed by atoms with van der Waals surface area (Å²) in [5, 5.41) is 11.5. The Bertz CT molecular complexity index is 883. The number of aromatic nitrogens is 2. The van der Waals surface area contributed by atoms with Crippen LogP contribution in [0.15, 0.2) is 30.3 Å². The third-order valence-electron chi connectivity index (χ3n) is 5.95. The number of carbonyl (C=O) groups is 1. The van der Waals surface area contributed by atoms with Gasteiger partial charge in [0.1, 0.15) is 5.82 Å². The summed E-state index contributed by atoms with van der Waals surface area (Å²) in [4.78, 5) is 17.0. The van der Waals surface area contributed by atoms with Crippen LogP contribution in [-0.4, -0.2) is 53.2 Å². The minimum atomic E-state index is -0.199. The van der Waals surface area contributed by atoms with Gasteiger partial charge in [0, 0.05) is 44.3 Å². The average Bonchev–Trinajstić information content (AvgIpc) is 3.46. The largest absolute Gasteiger partial charge is 0.350 e. The van der Waals surface area contributed by atoms with Crippen molar-refractivity contribution in [2.24, 2.45) is 5.92 Å². The van der Waals surface area contributed by atoms with E-state index in [1.54, 1.807) is 0 Å². The summed E-state index contributed by atoms with van der Waals surface area (Å²) in [5.74, 6) is 1.25. The monoisotopic (exact) mass is 381 g/mol. The molecule has 1 aromatic carbocycles. The Morgan fingerprint density at radius 3 is 2.79 bits per heavy atom. The number of nitrogens with zero attached hydrogens (tertiary/aromatic N) is 4. The summed E-state index contributed by atoms with van der Waals surface area (Å²) < 4.78 is 13.1. The molecule has 6 nitrogen and oxygen atoms in total. The van der Waals surface area contributed by atoms with E-state index in [1.807, 2.05) is 18.2 Å². The molecule has 1 saturated heterocycles. The molecule has 2 aliphatic heterocycles. The quantitative estimate of drug-likeness (QED) is 0.859. The highest BCUT2D eigenvalue weighted by atomic mass is 19.1. The number of amides is 1. The normalized spacial score (nSPS) is 21.3. The van der Waals surface area contributed by atoms with Crippen molar-refractivity contribution in [3.05, 3.63) is 53.0 Å². The van der Waals surface area contributed by atoms with Crippen molar-refractivity contribution in [1.82, 2.24) is 20.4 Å². The molecule has 28 heavy (non-hydrogen) atoms. The third kappa shape index (κ3) is 3.58. The van der Waals surface area contributed by atoms with Crippen molar-refractivity contribution in [1.29, 1.82) is 0 Å². The number of hydrogen-bond acceptors (Lipinski definition) is 5. The van der Waals surface area contributed by atoms with Gasteiger partial charge in [-0.15, -0.1) is 10.2 Å². The zero-order chi connectivity index (χ0) is 19.1. The second-order valence-corrected chi connectivity index (χ2v) is 8.14. The summed E-state index contributed by atoms with van der Waals surface area (Å²) >= 11 is 0. The summed E-state index contributed by atoms with van der Waals surface area (Å²) in [6.45, 7) is 4.31. The van der Waals surface area contributed by atoms with Crippen molar-refractivity contribution in [3.8, 4) is 0 Å². The van der Waals surface area contributed by atoms with E-state index in [1.165, 1.54) is 25.0 Å². The van der Waals surface area contributed by atoms with E-state index >= 15 is 0 Å². The minimum Gasteiger partial charge on any atom is -0.350 e. The first-order valence-corrected chi connectivity index (χ1v) is 10.0. The summed E-state index contributed by atoms with van der Waals surface area (Å²) in [6.07, 6.45) is 3.30. The number of anilines is 1. The molecule has 1 amide bonds. The van der Waals surface area contributed by atoms with Crippen molar-refractivity contribution in [2.45, 2.75) is 31.8 Å². The van der Waals surface area contributed by atoms with E-state index in [0.29, 0.717) is 17.7 Å². The van der Waals surface area contributed by atoms with Crippen LogP contribution < -0.4 is 10.2 Å². The van der Waals surface area contributed by atoms with Crippen LogP contribution in [0.5, 0.6) is 0 Å². The first kappa shape index (κ1) is 17.6. The molecule has 1 saturated carbocycles. The van der Waals surface area contributed by atoms with Gasteiger partial charge in [0.25, 0.3) is 5.91 Å². The molecule has 146 valence electrons. The van der Waals surface area contributed by atoms with E-state index < -0.39 is 0 Å². The lowest BCUT2D eigenvalue weighted by Gasteiger charge is -2.38. The third-order valence-corrected chi connectivity index (χ3v) is 5.95. The molecule has 0 spiro atoms. The van der Waals surface area contributed by atoms with Crippen molar-refractivity contribution in [2.75, 3.05) is 31.1 Å². The maximum Gasteiger partial charge on any atom is 0.271 e. The first-order valence-electron chi connectivity index (χ1n) is 10.0. The summed E-state index contributed by atoms with van der Waals surface area (Å²) in [6, 6.07) is 8.99. The maximum absolute atomic E-state index is 13.1. The molecule has 1 N–H and O–H groups in total. The Balaban J connectivity index is 1.23. The SMILES string of the molecule is O=C(NCC1CC1)c1cc2c(nn1)N1CCN(Cc3ccc(F)cc3)CC1C2. The number of benzene rings is 1. The highest BCUT2D eigenvalue weighted by Gasteiger charge is 2.36. The fourth-order valence-corrected chi connectivity index (χ4v) is 4.20. The van der Waals surface area contributed by atoms with Crippen LogP contribution in [-0.2, 0) is 13.0 Å². The molecular weight excluding hydrogens is 357 g/mol. The number of hydrogen-bond donors (Lipinski definition) is 1. The van der Waals surface area contributed by atoms with Crippen LogP contribution in [0, 0.1) is 11.7 Å². The number of halogens is 1. The van der Waals surface area contributed by atoms with Crippen LogP contribution in [0.1, 0.15) is 34.5 Å². The molecule has 2 aromatic rings. The molecule has 1 atom stereocenters. The first-order chi connectivity index (χ1) is 13.7. The molecule has 3 heterocycles. The predicted octanol–water partition coefficient (Wildman–Crippen LogP) is 2.00. The highest BCUT2D eigenvalue weighted by Crippen LogP contribution is 2.32. The van der Waals surface area contributed by atoms with Crippen molar-refractivity contribution < 1.29 is 9.18 Å². The second-order valence-electron chi connectivity index (χ2n) is 8.14. The van der Waals surface area contributed by atoms with Gasteiger partial charge in [0.15, 0.2) is 11.5 Å². The second kappa shape index (κ2) is 7.13. The molecule has 0 bridgehead atoms. The van der Waals surface area contributed by atoms with Gasteiger partial charge in [-0.25, -0.2) is 4.39 Å². The standard InChI is InChI=1S/C21H24FN5O/c22-17-5-3-15(4-6-17)12-26-7-8-27-18(13-26)9-16-10-19(24-25-20(16)27)21(28)23-11-14-1-2-14/h3-6,10,14,18H,1-2,7-9,11-13H2,(H,23,28). The average molecular weight is 381 g/mol. The number of piperazine rings is 1. The van der Waals surface area contributed by atoms with Gasteiger partial charge in [0.05, 0.1) is 0 Å². The smallest absolute Gasteiger partial charge is 0.271 e. The van der Waals surface area contributed by atoms with Gasteiger partial charge in [0.2, 0.25) is 0 Å². The molecule has 1 aliphatic carbocycles. The molecule has 1 unspecified atom stereocenters. The molecule has 3 aliphatic rings. The van der Waals surface area contributed by atoms with Crippen LogP contribution >= 0.6 is 0 Å². The lowest BCUT2D eigenvalue weighted by atomic mass is 10.1. The molecule has 0 radical (unpaired) electrons. The number of fused-ring (bicyclic) bond motifs is 3. The lowest BCUT2D eigenvalue weighted by molar-refractivity contribution is 0.0945. The predicted molar refractivity (Wildman–Crippen MR) is 104 cm³/mol. The number of carbonyl (C=O) groups excluding carboxylic acids is 1. The summed E-state index contributed by atoms with van der Waals surface area (Å²) in [7, 11) is 0. The van der Waals surface area contributed by atoms with Crippen LogP contribution in [0.4, 0.5) is 10.2 Å². The van der Waals surface area contributed by atoms with Gasteiger partial charge in [-0.2, -0.15) is 0 Å². The number of nitrogens with one attached hydrogen (secondary N) is 1. The molecular formula is C21H24FN5O. The van der Waals surface area contributed by atoms with Gasteiger partial charge >= 0.3 is 0 Å². The molecule has 7 heteroatoms. The van der Waals surface area contributed by atoms with E-state index in [4.69, 9.17) is 0 Å². The van der Waals surface area contributed by atoms with Gasteiger partial charge < -0.3 is 10.2 Å². The Hall–Kier alpha value is -2.54. The van der Waals surface area contributed by atoms with E-state index in [2.05, 4.69) is 25.3 Å². The summed E-state index contributed by atoms with van der Waals surface area (Å²) in [5.41, 5.74) is 2.65. The molecule has 5 rings (SSSR count). The van der Waals surface area contributed by atoms with Gasteiger partial charge in [-0.1, -0.05) is 12.1 Å². The van der Waals surface area contributed by atoms with Crippen LogP contribution in [0.2, 0.25) is 0 Å². The van der Waals surface area contributed by atoms with Gasteiger partial charge in [-0.05, 0) is 48.9 Å². The zero-order valence-electron chi connectivity index (χ0n) is 15.8. The van der Waals surface area contributed by atoms with E-state index in [9.17, 15) is 9.18 Å². The lowest BCUT2D eigenvalue weighted by Crippen LogP contribution is -2.51.